The third-order valence-electron chi connectivity index (χ3n) is 7.24. The molecule has 174 valence electrons. The number of nitrogens with zero attached hydrogens (tertiary/aromatic N) is 1. The maximum atomic E-state index is 13.5. The number of ether oxygens (including phenoxy) is 1. The molecular weight excluding hydrogens is 422 g/mol. The average molecular weight is 452 g/mol. The van der Waals surface area contributed by atoms with Crippen LogP contribution in [0.25, 0.3) is 0 Å². The van der Waals surface area contributed by atoms with Crippen molar-refractivity contribution in [3.63, 3.8) is 0 Å². The van der Waals surface area contributed by atoms with Crippen molar-refractivity contribution < 1.29 is 22.3 Å². The number of alkyl halides is 3. The number of fused-ring (bicyclic) bond motifs is 3. The second kappa shape index (κ2) is 8.80. The molecule has 5 rings (SSSR count). The number of allylic oxidation sites excluding steroid dienone is 3. The van der Waals surface area contributed by atoms with Gasteiger partial charge in [-0.1, -0.05) is 6.08 Å². The number of anilines is 1. The minimum absolute atomic E-state index is 0.00488. The average Bonchev–Trinajstić information content (AvgIpc) is 2.79. The zero-order valence-corrected chi connectivity index (χ0v) is 17.9. The summed E-state index contributed by atoms with van der Waals surface area (Å²) in [5.74, 6) is -0.125. The predicted molar refractivity (Wildman–Crippen MR) is 115 cm³/mol. The summed E-state index contributed by atoms with van der Waals surface area (Å²) >= 11 is 0. The molecule has 0 amide bonds. The van der Waals surface area contributed by atoms with Crippen molar-refractivity contribution in [2.24, 2.45) is 11.8 Å². The zero-order valence-electron chi connectivity index (χ0n) is 17.9. The SMILES string of the molecule is FC1=CCC([C@@H]2Nc3ccc(C(F)(F)F)cc3[C@H]3O[C@@H](CN4CCNCC4)CC[C@H]32)C=C1. The van der Waals surface area contributed by atoms with Gasteiger partial charge in [0, 0.05) is 61.9 Å². The van der Waals surface area contributed by atoms with E-state index in [2.05, 4.69) is 15.5 Å². The van der Waals surface area contributed by atoms with E-state index in [1.165, 1.54) is 18.2 Å². The first-order valence-electron chi connectivity index (χ1n) is 11.5. The van der Waals surface area contributed by atoms with Crippen LogP contribution in [0.5, 0.6) is 0 Å². The van der Waals surface area contributed by atoms with Crippen LogP contribution in [0, 0.1) is 11.8 Å². The molecule has 2 N–H and O–H groups in total. The van der Waals surface area contributed by atoms with Crippen LogP contribution in [0.15, 0.2) is 42.3 Å². The van der Waals surface area contributed by atoms with Crippen molar-refractivity contribution in [2.45, 2.75) is 43.7 Å². The highest BCUT2D eigenvalue weighted by Gasteiger charge is 2.45. The van der Waals surface area contributed by atoms with E-state index in [9.17, 15) is 17.6 Å². The molecule has 0 spiro atoms. The molecular formula is C24H29F4N3O. The molecule has 1 aromatic rings. The molecule has 2 saturated heterocycles. The lowest BCUT2D eigenvalue weighted by atomic mass is 9.72. The van der Waals surface area contributed by atoms with Crippen molar-refractivity contribution in [3.8, 4) is 0 Å². The first-order valence-corrected chi connectivity index (χ1v) is 11.5. The third kappa shape index (κ3) is 4.45. The van der Waals surface area contributed by atoms with E-state index in [4.69, 9.17) is 4.74 Å². The fourth-order valence-electron chi connectivity index (χ4n) is 5.59. The number of nitrogens with one attached hydrogen (secondary N) is 2. The molecule has 2 fully saturated rings. The lowest BCUT2D eigenvalue weighted by molar-refractivity contribution is -0.138. The summed E-state index contributed by atoms with van der Waals surface area (Å²) in [6.07, 6.45) is 2.47. The molecule has 1 unspecified atom stereocenters. The van der Waals surface area contributed by atoms with Gasteiger partial charge in [0.1, 0.15) is 5.83 Å². The summed E-state index contributed by atoms with van der Waals surface area (Å²) in [4.78, 5) is 2.37. The van der Waals surface area contributed by atoms with E-state index < -0.39 is 17.8 Å². The fraction of sp³-hybridized carbons (Fsp3) is 0.583. The van der Waals surface area contributed by atoms with E-state index in [0.29, 0.717) is 17.7 Å². The van der Waals surface area contributed by atoms with Gasteiger partial charge in [-0.05, 0) is 49.6 Å². The molecule has 3 heterocycles. The lowest BCUT2D eigenvalue weighted by Gasteiger charge is -2.48. The quantitative estimate of drug-likeness (QED) is 0.655. The Bertz CT molecular complexity index is 894. The second-order valence-corrected chi connectivity index (χ2v) is 9.29. The van der Waals surface area contributed by atoms with Gasteiger partial charge in [-0.3, -0.25) is 4.90 Å². The van der Waals surface area contributed by atoms with Crippen LogP contribution in [0.4, 0.5) is 23.2 Å². The minimum atomic E-state index is -4.40. The van der Waals surface area contributed by atoms with Crippen LogP contribution in [0.3, 0.4) is 0 Å². The van der Waals surface area contributed by atoms with Crippen molar-refractivity contribution >= 4 is 5.69 Å². The Balaban J connectivity index is 1.42. The van der Waals surface area contributed by atoms with Gasteiger partial charge in [0.25, 0.3) is 0 Å². The second-order valence-electron chi connectivity index (χ2n) is 9.29. The summed E-state index contributed by atoms with van der Waals surface area (Å²) in [7, 11) is 0. The Labute approximate surface area is 185 Å². The number of benzene rings is 1. The summed E-state index contributed by atoms with van der Waals surface area (Å²) in [5, 5.41) is 6.83. The van der Waals surface area contributed by atoms with Gasteiger partial charge >= 0.3 is 6.18 Å². The molecule has 0 saturated carbocycles. The van der Waals surface area contributed by atoms with Crippen LogP contribution in [0.2, 0.25) is 0 Å². The van der Waals surface area contributed by atoms with Crippen LogP contribution < -0.4 is 10.6 Å². The Kier molecular flexibility index (Phi) is 6.03. The van der Waals surface area contributed by atoms with Crippen molar-refractivity contribution in [1.29, 1.82) is 0 Å². The number of rotatable bonds is 3. The first kappa shape index (κ1) is 21.9. The molecule has 0 bridgehead atoms. The molecule has 1 aromatic carbocycles. The topological polar surface area (TPSA) is 36.5 Å². The molecule has 4 nitrogen and oxygen atoms in total. The molecule has 0 radical (unpaired) electrons. The Morgan fingerprint density at radius 2 is 1.94 bits per heavy atom. The molecule has 4 aliphatic rings. The van der Waals surface area contributed by atoms with E-state index in [1.807, 2.05) is 6.08 Å². The van der Waals surface area contributed by atoms with Crippen LogP contribution in [0.1, 0.15) is 36.5 Å². The Morgan fingerprint density at radius 1 is 1.12 bits per heavy atom. The summed E-state index contributed by atoms with van der Waals surface area (Å²) < 4.78 is 60.4. The van der Waals surface area contributed by atoms with Gasteiger partial charge in [-0.25, -0.2) is 4.39 Å². The van der Waals surface area contributed by atoms with Crippen LogP contribution in [-0.4, -0.2) is 49.8 Å². The molecule has 3 aliphatic heterocycles. The van der Waals surface area contributed by atoms with E-state index in [1.54, 1.807) is 6.08 Å². The van der Waals surface area contributed by atoms with Crippen molar-refractivity contribution in [1.82, 2.24) is 10.2 Å². The molecule has 1 aliphatic carbocycles. The smallest absolute Gasteiger partial charge is 0.381 e. The first-order chi connectivity index (χ1) is 15.4. The molecule has 5 atom stereocenters. The predicted octanol–water partition coefficient (Wildman–Crippen LogP) is 4.67. The molecule has 8 heteroatoms. The maximum absolute atomic E-state index is 13.5. The van der Waals surface area contributed by atoms with Gasteiger partial charge in [0.05, 0.1) is 17.8 Å². The van der Waals surface area contributed by atoms with Gasteiger partial charge in [0.2, 0.25) is 0 Å². The fourth-order valence-corrected chi connectivity index (χ4v) is 5.59. The van der Waals surface area contributed by atoms with Crippen molar-refractivity contribution in [2.75, 3.05) is 38.0 Å². The highest BCUT2D eigenvalue weighted by molar-refractivity contribution is 5.58. The summed E-state index contributed by atoms with van der Waals surface area (Å²) in [6.45, 7) is 4.60. The maximum Gasteiger partial charge on any atom is 0.416 e. The highest BCUT2D eigenvalue weighted by Crippen LogP contribution is 2.49. The normalized spacial score (nSPS) is 33.1. The van der Waals surface area contributed by atoms with Gasteiger partial charge < -0.3 is 15.4 Å². The zero-order chi connectivity index (χ0) is 22.3. The third-order valence-corrected chi connectivity index (χ3v) is 7.24. The number of halogens is 4. The minimum Gasteiger partial charge on any atom is -0.381 e. The standard InChI is InChI=1S/C24H29F4N3O/c25-17-4-1-15(2-5-17)22-19-7-6-18(14-31-11-9-29-10-12-31)32-23(19)20-13-16(24(26,27)28)3-8-21(20)30-22/h1,3-5,8,13,15,18-19,22-23,29-30H,2,6-7,9-12,14H2/t15?,18-,19+,22+,23+/m1/s1. The molecule has 32 heavy (non-hydrogen) atoms. The van der Waals surface area contributed by atoms with E-state index >= 15 is 0 Å². The monoisotopic (exact) mass is 451 g/mol. The van der Waals surface area contributed by atoms with Crippen LogP contribution in [-0.2, 0) is 10.9 Å². The largest absolute Gasteiger partial charge is 0.416 e. The van der Waals surface area contributed by atoms with Crippen molar-refractivity contribution in [3.05, 3.63) is 53.4 Å². The number of hydrogen-bond donors (Lipinski definition) is 2. The lowest BCUT2D eigenvalue weighted by Crippen LogP contribution is -2.50. The van der Waals surface area contributed by atoms with Gasteiger partial charge in [-0.15, -0.1) is 0 Å². The van der Waals surface area contributed by atoms with E-state index in [0.717, 1.165) is 51.6 Å². The van der Waals surface area contributed by atoms with E-state index in [-0.39, 0.29) is 29.8 Å². The van der Waals surface area contributed by atoms with Gasteiger partial charge in [-0.2, -0.15) is 13.2 Å². The number of piperazine rings is 1. The summed E-state index contributed by atoms with van der Waals surface area (Å²) in [5.41, 5.74) is 0.633. The Morgan fingerprint density at radius 3 is 2.66 bits per heavy atom. The van der Waals surface area contributed by atoms with Gasteiger partial charge in [0.15, 0.2) is 0 Å². The highest BCUT2D eigenvalue weighted by atomic mass is 19.4. The number of hydrogen-bond acceptors (Lipinski definition) is 4. The Hall–Kier alpha value is -1.90. The van der Waals surface area contributed by atoms with Crippen LogP contribution >= 0.6 is 0 Å². The molecule has 0 aromatic heterocycles. The summed E-state index contributed by atoms with van der Waals surface area (Å²) in [6, 6.07) is 3.89.